The van der Waals surface area contributed by atoms with Crippen LogP contribution in [0.2, 0.25) is 0 Å². The Morgan fingerprint density at radius 2 is 1.71 bits per heavy atom. The van der Waals surface area contributed by atoms with Crippen LogP contribution >= 0.6 is 0 Å². The third-order valence-electron chi connectivity index (χ3n) is 3.83. The molecule has 0 spiro atoms. The van der Waals surface area contributed by atoms with E-state index >= 15 is 0 Å². The molecule has 1 aliphatic rings. The average Bonchev–Trinajstić information content (AvgIpc) is 2.96. The fourth-order valence-corrected chi connectivity index (χ4v) is 2.83. The van der Waals surface area contributed by atoms with Gasteiger partial charge in [0.05, 0.1) is 11.9 Å². The number of nitrogens with zero attached hydrogens (tertiary/aromatic N) is 4. The van der Waals surface area contributed by atoms with E-state index in [2.05, 4.69) is 16.4 Å². The molecule has 0 saturated carbocycles. The number of aromatic nitrogens is 3. The van der Waals surface area contributed by atoms with Gasteiger partial charge in [0.2, 0.25) is 0 Å². The SMILES string of the molecule is Cc1cc(C)cc(-n2cc(C(=O)N3CCCCC3)nn2)c1. The summed E-state index contributed by atoms with van der Waals surface area (Å²) in [6, 6.07) is 6.19. The highest BCUT2D eigenvalue weighted by molar-refractivity contribution is 5.92. The first-order chi connectivity index (χ1) is 10.1. The van der Waals surface area contributed by atoms with Gasteiger partial charge in [0.25, 0.3) is 5.91 Å². The van der Waals surface area contributed by atoms with Crippen molar-refractivity contribution in [3.05, 3.63) is 41.2 Å². The maximum absolute atomic E-state index is 12.4. The van der Waals surface area contributed by atoms with E-state index in [1.807, 2.05) is 30.9 Å². The zero-order valence-corrected chi connectivity index (χ0v) is 12.5. The summed E-state index contributed by atoms with van der Waals surface area (Å²) in [5, 5.41) is 8.15. The van der Waals surface area contributed by atoms with Crippen molar-refractivity contribution in [1.29, 1.82) is 0 Å². The van der Waals surface area contributed by atoms with Crippen molar-refractivity contribution in [3.8, 4) is 5.69 Å². The van der Waals surface area contributed by atoms with Crippen LogP contribution in [-0.4, -0.2) is 38.9 Å². The van der Waals surface area contributed by atoms with E-state index in [9.17, 15) is 4.79 Å². The monoisotopic (exact) mass is 284 g/mol. The molecule has 0 bridgehead atoms. The van der Waals surface area contributed by atoms with E-state index in [1.165, 1.54) is 17.5 Å². The average molecular weight is 284 g/mol. The van der Waals surface area contributed by atoms with Crippen molar-refractivity contribution in [1.82, 2.24) is 19.9 Å². The molecule has 2 heterocycles. The summed E-state index contributed by atoms with van der Waals surface area (Å²) in [4.78, 5) is 14.3. The quantitative estimate of drug-likeness (QED) is 0.851. The Kier molecular flexibility index (Phi) is 3.73. The Hall–Kier alpha value is -2.17. The van der Waals surface area contributed by atoms with E-state index in [4.69, 9.17) is 0 Å². The van der Waals surface area contributed by atoms with E-state index < -0.39 is 0 Å². The molecule has 0 aliphatic carbocycles. The van der Waals surface area contributed by atoms with Gasteiger partial charge < -0.3 is 4.90 Å². The molecule has 5 nitrogen and oxygen atoms in total. The topological polar surface area (TPSA) is 51.0 Å². The van der Waals surface area contributed by atoms with Gasteiger partial charge in [0, 0.05) is 13.1 Å². The van der Waals surface area contributed by atoms with Crippen molar-refractivity contribution < 1.29 is 4.79 Å². The number of likely N-dealkylation sites (tertiary alicyclic amines) is 1. The molecule has 0 unspecified atom stereocenters. The highest BCUT2D eigenvalue weighted by atomic mass is 16.2. The number of piperidine rings is 1. The van der Waals surface area contributed by atoms with Gasteiger partial charge in [0.1, 0.15) is 0 Å². The Labute approximate surface area is 124 Å². The fraction of sp³-hybridized carbons (Fsp3) is 0.438. The number of hydrogen-bond donors (Lipinski definition) is 0. The Balaban J connectivity index is 1.84. The predicted octanol–water partition coefficient (Wildman–Crippen LogP) is 2.51. The number of carbonyl (C=O) groups is 1. The Bertz CT molecular complexity index is 636. The van der Waals surface area contributed by atoms with Crippen LogP contribution in [0.5, 0.6) is 0 Å². The molecule has 0 atom stereocenters. The van der Waals surface area contributed by atoms with Gasteiger partial charge in [-0.05, 0) is 56.4 Å². The first-order valence-corrected chi connectivity index (χ1v) is 7.44. The van der Waals surface area contributed by atoms with Crippen LogP contribution in [0, 0.1) is 13.8 Å². The van der Waals surface area contributed by atoms with Crippen LogP contribution in [0.1, 0.15) is 40.9 Å². The zero-order chi connectivity index (χ0) is 14.8. The highest BCUT2D eigenvalue weighted by Gasteiger charge is 2.21. The standard InChI is InChI=1S/C16H20N4O/c1-12-8-13(2)10-14(9-12)20-11-15(17-18-20)16(21)19-6-4-3-5-7-19/h8-11H,3-7H2,1-2H3. The number of benzene rings is 1. The Morgan fingerprint density at radius 1 is 1.05 bits per heavy atom. The largest absolute Gasteiger partial charge is 0.337 e. The van der Waals surface area contributed by atoms with Crippen LogP contribution in [0.15, 0.2) is 24.4 Å². The molecule has 0 radical (unpaired) electrons. The maximum Gasteiger partial charge on any atom is 0.276 e. The van der Waals surface area contributed by atoms with Crippen LogP contribution < -0.4 is 0 Å². The predicted molar refractivity (Wildman–Crippen MR) is 80.6 cm³/mol. The second kappa shape index (κ2) is 5.68. The Morgan fingerprint density at radius 3 is 2.38 bits per heavy atom. The van der Waals surface area contributed by atoms with Crippen LogP contribution in [-0.2, 0) is 0 Å². The summed E-state index contributed by atoms with van der Waals surface area (Å²) in [5.74, 6) is -0.00896. The molecular formula is C16H20N4O. The molecule has 1 amide bonds. The molecule has 1 aliphatic heterocycles. The minimum atomic E-state index is -0.00896. The maximum atomic E-state index is 12.4. The van der Waals surface area contributed by atoms with Crippen molar-refractivity contribution in [2.45, 2.75) is 33.1 Å². The number of hydrogen-bond acceptors (Lipinski definition) is 3. The summed E-state index contributed by atoms with van der Waals surface area (Å²) < 4.78 is 1.68. The molecule has 1 aromatic heterocycles. The van der Waals surface area contributed by atoms with E-state index in [-0.39, 0.29) is 5.91 Å². The first-order valence-electron chi connectivity index (χ1n) is 7.44. The van der Waals surface area contributed by atoms with Crippen LogP contribution in [0.4, 0.5) is 0 Å². The first kappa shape index (κ1) is 13.8. The summed E-state index contributed by atoms with van der Waals surface area (Å²) in [6.07, 6.45) is 5.10. The van der Waals surface area contributed by atoms with Gasteiger partial charge in [-0.2, -0.15) is 0 Å². The summed E-state index contributed by atoms with van der Waals surface area (Å²) in [5.41, 5.74) is 3.71. The third-order valence-corrected chi connectivity index (χ3v) is 3.83. The zero-order valence-electron chi connectivity index (χ0n) is 12.5. The molecule has 1 fully saturated rings. The summed E-state index contributed by atoms with van der Waals surface area (Å²) >= 11 is 0. The van der Waals surface area contributed by atoms with E-state index in [0.717, 1.165) is 31.6 Å². The molecule has 1 saturated heterocycles. The van der Waals surface area contributed by atoms with Crippen molar-refractivity contribution >= 4 is 5.91 Å². The van der Waals surface area contributed by atoms with Gasteiger partial charge in [-0.25, -0.2) is 4.68 Å². The molecule has 21 heavy (non-hydrogen) atoms. The van der Waals surface area contributed by atoms with Crippen LogP contribution in [0.3, 0.4) is 0 Å². The van der Waals surface area contributed by atoms with Crippen molar-refractivity contribution in [2.24, 2.45) is 0 Å². The lowest BCUT2D eigenvalue weighted by atomic mass is 10.1. The summed E-state index contributed by atoms with van der Waals surface area (Å²) in [6.45, 7) is 5.75. The smallest absolute Gasteiger partial charge is 0.276 e. The number of amides is 1. The van der Waals surface area contributed by atoms with Gasteiger partial charge in [-0.15, -0.1) is 5.10 Å². The molecule has 2 aromatic rings. The number of aryl methyl sites for hydroxylation is 2. The molecule has 0 N–H and O–H groups in total. The van der Waals surface area contributed by atoms with Gasteiger partial charge in [0.15, 0.2) is 5.69 Å². The molecular weight excluding hydrogens is 264 g/mol. The van der Waals surface area contributed by atoms with E-state index in [0.29, 0.717) is 5.69 Å². The van der Waals surface area contributed by atoms with Crippen molar-refractivity contribution in [3.63, 3.8) is 0 Å². The van der Waals surface area contributed by atoms with Crippen molar-refractivity contribution in [2.75, 3.05) is 13.1 Å². The lowest BCUT2D eigenvalue weighted by Gasteiger charge is -2.25. The second-order valence-electron chi connectivity index (χ2n) is 5.75. The van der Waals surface area contributed by atoms with Gasteiger partial charge in [-0.1, -0.05) is 11.3 Å². The highest BCUT2D eigenvalue weighted by Crippen LogP contribution is 2.15. The lowest BCUT2D eigenvalue weighted by Crippen LogP contribution is -2.35. The number of carbonyl (C=O) groups excluding carboxylic acids is 1. The molecule has 1 aromatic carbocycles. The number of rotatable bonds is 2. The van der Waals surface area contributed by atoms with Crippen LogP contribution in [0.25, 0.3) is 5.69 Å². The third kappa shape index (κ3) is 2.96. The normalized spacial score (nSPS) is 15.2. The fourth-order valence-electron chi connectivity index (χ4n) is 2.83. The lowest BCUT2D eigenvalue weighted by molar-refractivity contribution is 0.0718. The van der Waals surface area contributed by atoms with Gasteiger partial charge in [-0.3, -0.25) is 4.79 Å². The minimum absolute atomic E-state index is 0.00896. The molecule has 3 rings (SSSR count). The second-order valence-corrected chi connectivity index (χ2v) is 5.75. The summed E-state index contributed by atoms with van der Waals surface area (Å²) in [7, 11) is 0. The van der Waals surface area contributed by atoms with Gasteiger partial charge >= 0.3 is 0 Å². The molecule has 110 valence electrons. The van der Waals surface area contributed by atoms with E-state index in [1.54, 1.807) is 10.9 Å². The minimum Gasteiger partial charge on any atom is -0.337 e. The molecule has 5 heteroatoms.